The van der Waals surface area contributed by atoms with Gasteiger partial charge in [0.1, 0.15) is 0 Å². The number of nitrogens with zero attached hydrogens (tertiary/aromatic N) is 1. The van der Waals surface area contributed by atoms with Crippen LogP contribution in [0, 0.1) is 6.92 Å². The molecule has 1 heterocycles. The lowest BCUT2D eigenvalue weighted by molar-refractivity contribution is 0.681. The van der Waals surface area contributed by atoms with Crippen LogP contribution in [0.3, 0.4) is 0 Å². The Morgan fingerprint density at radius 3 is 2.35 bits per heavy atom. The molecule has 4 aromatic rings. The van der Waals surface area contributed by atoms with E-state index in [2.05, 4.69) is 47.1 Å². The summed E-state index contributed by atoms with van der Waals surface area (Å²) >= 11 is 18.7. The van der Waals surface area contributed by atoms with E-state index in [1.165, 1.54) is 22.2 Å². The Kier molecular flexibility index (Phi) is 8.32. The summed E-state index contributed by atoms with van der Waals surface area (Å²) in [5.41, 5.74) is 6.03. The molecule has 0 saturated heterocycles. The van der Waals surface area contributed by atoms with Crippen LogP contribution in [0.1, 0.15) is 22.4 Å². The number of halogens is 4. The molecular weight excluding hydrogens is 470 g/mol. The maximum absolute atomic E-state index is 6.42. The van der Waals surface area contributed by atoms with Gasteiger partial charge in [0, 0.05) is 44.8 Å². The van der Waals surface area contributed by atoms with Gasteiger partial charge in [-0.2, -0.15) is 0 Å². The number of benzene rings is 3. The lowest BCUT2D eigenvalue weighted by atomic mass is 10.1. The van der Waals surface area contributed by atoms with Crippen LogP contribution in [-0.4, -0.2) is 11.1 Å². The topological polar surface area (TPSA) is 17.0 Å². The molecule has 0 amide bonds. The molecule has 0 aliphatic rings. The van der Waals surface area contributed by atoms with Gasteiger partial charge >= 0.3 is 0 Å². The van der Waals surface area contributed by atoms with E-state index in [0.717, 1.165) is 47.2 Å². The Bertz CT molecular complexity index is 1180. The van der Waals surface area contributed by atoms with Gasteiger partial charge in [-0.3, -0.25) is 0 Å². The van der Waals surface area contributed by atoms with Crippen LogP contribution in [-0.2, 0) is 19.5 Å². The zero-order valence-corrected chi connectivity index (χ0v) is 20.3. The second-order valence-corrected chi connectivity index (χ2v) is 8.67. The van der Waals surface area contributed by atoms with E-state index in [0.29, 0.717) is 5.02 Å². The van der Waals surface area contributed by atoms with E-state index >= 15 is 0 Å². The van der Waals surface area contributed by atoms with E-state index in [4.69, 9.17) is 34.8 Å². The first kappa shape index (κ1) is 24.0. The standard InChI is InChI=1S/C25H23Cl3N2.ClH/c1-17-22(15-29-13-12-18-10-11-20(26)14-24(18)28)21-7-3-5-9-25(21)30(17)16-19-6-2-4-8-23(19)27;/h2-11,14,29H,12-13,15-16H2,1H3;1H. The number of rotatable bonds is 7. The predicted molar refractivity (Wildman–Crippen MR) is 136 cm³/mol. The maximum Gasteiger partial charge on any atom is 0.0493 e. The third kappa shape index (κ3) is 5.39. The molecular formula is C25H24Cl4N2. The molecule has 3 aromatic carbocycles. The lowest BCUT2D eigenvalue weighted by Crippen LogP contribution is -2.17. The Morgan fingerprint density at radius 1 is 0.839 bits per heavy atom. The smallest absolute Gasteiger partial charge is 0.0493 e. The monoisotopic (exact) mass is 492 g/mol. The van der Waals surface area contributed by atoms with Crippen molar-refractivity contribution in [3.8, 4) is 0 Å². The van der Waals surface area contributed by atoms with E-state index < -0.39 is 0 Å². The normalized spacial score (nSPS) is 11.0. The largest absolute Gasteiger partial charge is 0.340 e. The summed E-state index contributed by atoms with van der Waals surface area (Å²) in [6.07, 6.45) is 0.854. The third-order valence-electron chi connectivity index (χ3n) is 5.54. The zero-order chi connectivity index (χ0) is 21.1. The minimum Gasteiger partial charge on any atom is -0.340 e. The molecule has 162 valence electrons. The molecule has 0 radical (unpaired) electrons. The van der Waals surface area contributed by atoms with Crippen LogP contribution in [0.15, 0.2) is 66.7 Å². The SMILES string of the molecule is Cc1c(CNCCc2ccc(Cl)cc2Cl)c2ccccc2n1Cc1ccccc1Cl.Cl. The second-order valence-electron chi connectivity index (χ2n) is 7.42. The molecule has 0 unspecified atom stereocenters. The van der Waals surface area contributed by atoms with Crippen molar-refractivity contribution in [3.05, 3.63) is 104 Å². The molecule has 0 spiro atoms. The van der Waals surface area contributed by atoms with E-state index in [1.807, 2.05) is 30.3 Å². The molecule has 0 fully saturated rings. The molecule has 0 bridgehead atoms. The fourth-order valence-corrected chi connectivity index (χ4v) is 4.59. The number of fused-ring (bicyclic) bond motifs is 1. The van der Waals surface area contributed by atoms with Crippen LogP contribution in [0.4, 0.5) is 0 Å². The molecule has 0 saturated carbocycles. The molecule has 2 nitrogen and oxygen atoms in total. The highest BCUT2D eigenvalue weighted by atomic mass is 35.5. The van der Waals surface area contributed by atoms with Crippen LogP contribution in [0.5, 0.6) is 0 Å². The van der Waals surface area contributed by atoms with Gasteiger partial charge < -0.3 is 9.88 Å². The Balaban J connectivity index is 0.00000272. The molecule has 6 heteroatoms. The van der Waals surface area contributed by atoms with Gasteiger partial charge in [0.15, 0.2) is 0 Å². The fraction of sp³-hybridized carbons (Fsp3) is 0.200. The van der Waals surface area contributed by atoms with Gasteiger partial charge in [0.05, 0.1) is 0 Å². The summed E-state index contributed by atoms with van der Waals surface area (Å²) in [7, 11) is 0. The fourth-order valence-electron chi connectivity index (χ4n) is 3.89. The van der Waals surface area contributed by atoms with Crippen LogP contribution in [0.25, 0.3) is 10.9 Å². The second kappa shape index (κ2) is 10.8. The zero-order valence-electron chi connectivity index (χ0n) is 17.2. The Labute approximate surface area is 204 Å². The average Bonchev–Trinajstić information content (AvgIpc) is 3.00. The minimum absolute atomic E-state index is 0. The van der Waals surface area contributed by atoms with Crippen molar-refractivity contribution in [1.82, 2.24) is 9.88 Å². The summed E-state index contributed by atoms with van der Waals surface area (Å²) in [4.78, 5) is 0. The van der Waals surface area contributed by atoms with Crippen molar-refractivity contribution < 1.29 is 0 Å². The van der Waals surface area contributed by atoms with Gasteiger partial charge in [0.2, 0.25) is 0 Å². The summed E-state index contributed by atoms with van der Waals surface area (Å²) < 4.78 is 2.35. The molecule has 1 aromatic heterocycles. The van der Waals surface area contributed by atoms with Gasteiger partial charge in [-0.05, 0) is 60.8 Å². The molecule has 0 atom stereocenters. The summed E-state index contributed by atoms with van der Waals surface area (Å²) in [5.74, 6) is 0. The van der Waals surface area contributed by atoms with Gasteiger partial charge in [-0.15, -0.1) is 12.4 Å². The molecule has 31 heavy (non-hydrogen) atoms. The van der Waals surface area contributed by atoms with Crippen molar-refractivity contribution in [2.45, 2.75) is 26.4 Å². The first-order valence-corrected chi connectivity index (χ1v) is 11.1. The highest BCUT2D eigenvalue weighted by Gasteiger charge is 2.14. The molecule has 0 aliphatic heterocycles. The first-order chi connectivity index (χ1) is 14.5. The first-order valence-electron chi connectivity index (χ1n) is 9.99. The highest BCUT2D eigenvalue weighted by Crippen LogP contribution is 2.28. The summed E-state index contributed by atoms with van der Waals surface area (Å²) in [5, 5.41) is 7.04. The Morgan fingerprint density at radius 2 is 1.58 bits per heavy atom. The molecule has 4 rings (SSSR count). The molecule has 0 aliphatic carbocycles. The number of nitrogens with one attached hydrogen (secondary N) is 1. The lowest BCUT2D eigenvalue weighted by Gasteiger charge is -2.11. The van der Waals surface area contributed by atoms with Crippen LogP contribution < -0.4 is 5.32 Å². The van der Waals surface area contributed by atoms with Crippen LogP contribution in [0.2, 0.25) is 15.1 Å². The maximum atomic E-state index is 6.42. The number of hydrogen-bond donors (Lipinski definition) is 1. The van der Waals surface area contributed by atoms with Crippen molar-refractivity contribution in [2.24, 2.45) is 0 Å². The Hall–Kier alpha value is -1.68. The predicted octanol–water partition coefficient (Wildman–Crippen LogP) is 7.71. The van der Waals surface area contributed by atoms with Crippen molar-refractivity contribution in [1.29, 1.82) is 0 Å². The van der Waals surface area contributed by atoms with E-state index in [9.17, 15) is 0 Å². The number of hydrogen-bond acceptors (Lipinski definition) is 1. The molecule has 1 N–H and O–H groups in total. The summed E-state index contributed by atoms with van der Waals surface area (Å²) in [6, 6.07) is 22.3. The van der Waals surface area contributed by atoms with Gasteiger partial charge in [-0.25, -0.2) is 0 Å². The van der Waals surface area contributed by atoms with Crippen LogP contribution >= 0.6 is 47.2 Å². The van der Waals surface area contributed by atoms with Crippen molar-refractivity contribution in [3.63, 3.8) is 0 Å². The van der Waals surface area contributed by atoms with Gasteiger partial charge in [0.25, 0.3) is 0 Å². The summed E-state index contributed by atoms with van der Waals surface area (Å²) in [6.45, 7) is 4.58. The minimum atomic E-state index is 0. The third-order valence-corrected chi connectivity index (χ3v) is 6.49. The van der Waals surface area contributed by atoms with Crippen molar-refractivity contribution in [2.75, 3.05) is 6.54 Å². The van der Waals surface area contributed by atoms with E-state index in [-0.39, 0.29) is 12.4 Å². The van der Waals surface area contributed by atoms with Crippen molar-refractivity contribution >= 4 is 58.1 Å². The van der Waals surface area contributed by atoms with E-state index in [1.54, 1.807) is 6.07 Å². The quantitative estimate of drug-likeness (QED) is 0.261. The average molecular weight is 494 g/mol. The highest BCUT2D eigenvalue weighted by molar-refractivity contribution is 6.35. The number of para-hydroxylation sites is 1. The van der Waals surface area contributed by atoms with Gasteiger partial charge in [-0.1, -0.05) is 77.3 Å². The number of aromatic nitrogens is 1.